The Kier molecular flexibility index (Phi) is 7.18. The van der Waals surface area contributed by atoms with Crippen molar-refractivity contribution in [3.63, 3.8) is 0 Å². The lowest BCUT2D eigenvalue weighted by molar-refractivity contribution is 0.0600. The van der Waals surface area contributed by atoms with E-state index in [9.17, 15) is 18.0 Å². The summed E-state index contributed by atoms with van der Waals surface area (Å²) in [6.45, 7) is 5.79. The number of methoxy groups -OCH3 is 1. The number of thiophene rings is 1. The van der Waals surface area contributed by atoms with E-state index < -0.39 is 21.9 Å². The smallest absolute Gasteiger partial charge is 0.341 e. The number of fused-ring (bicyclic) bond motifs is 1. The Hall–Kier alpha value is -2.27. The van der Waals surface area contributed by atoms with Crippen LogP contribution in [-0.2, 0) is 27.7 Å². The van der Waals surface area contributed by atoms with Crippen LogP contribution in [0.25, 0.3) is 0 Å². The van der Waals surface area contributed by atoms with Crippen molar-refractivity contribution in [3.8, 4) is 0 Å². The summed E-state index contributed by atoms with van der Waals surface area (Å²) < 4.78 is 31.9. The number of hydrogen-bond donors (Lipinski definition) is 1. The minimum atomic E-state index is -3.54. The minimum Gasteiger partial charge on any atom is -0.465 e. The number of esters is 1. The van der Waals surface area contributed by atoms with E-state index in [0.717, 1.165) is 55.8 Å². The standard InChI is InChI=1S/C23H29N3O5S2/c1-3-11-25-14-10-18-19(15-25)32-22(20(18)23(28)31-2)24-21(27)16-6-8-17(9-7-16)33(29,30)26-12-4-5-13-26/h6-9H,3-5,10-15H2,1-2H3,(H,24,27). The maximum atomic E-state index is 12.9. The number of carbonyl (C=O) groups excluding carboxylic acids is 2. The van der Waals surface area contributed by atoms with Crippen LogP contribution in [0, 0.1) is 0 Å². The second-order valence-electron chi connectivity index (χ2n) is 8.32. The average molecular weight is 492 g/mol. The van der Waals surface area contributed by atoms with Gasteiger partial charge >= 0.3 is 5.97 Å². The molecule has 2 aliphatic heterocycles. The lowest BCUT2D eigenvalue weighted by Gasteiger charge is -2.26. The number of sulfonamides is 1. The van der Waals surface area contributed by atoms with Gasteiger partial charge in [0.25, 0.3) is 5.91 Å². The molecule has 0 radical (unpaired) electrons. The molecule has 3 heterocycles. The Morgan fingerprint density at radius 2 is 1.82 bits per heavy atom. The molecule has 33 heavy (non-hydrogen) atoms. The molecule has 4 rings (SSSR count). The van der Waals surface area contributed by atoms with Gasteiger partial charge in [0.15, 0.2) is 0 Å². The fraction of sp³-hybridized carbons (Fsp3) is 0.478. The van der Waals surface area contributed by atoms with Gasteiger partial charge in [-0.15, -0.1) is 11.3 Å². The Morgan fingerprint density at radius 1 is 1.12 bits per heavy atom. The summed E-state index contributed by atoms with van der Waals surface area (Å²) in [5, 5.41) is 3.34. The molecule has 178 valence electrons. The summed E-state index contributed by atoms with van der Waals surface area (Å²) in [4.78, 5) is 29.1. The fourth-order valence-electron chi connectivity index (χ4n) is 4.40. The van der Waals surface area contributed by atoms with E-state index in [4.69, 9.17) is 4.74 Å². The summed E-state index contributed by atoms with van der Waals surface area (Å²) in [6.07, 6.45) is 3.51. The zero-order valence-electron chi connectivity index (χ0n) is 18.9. The molecule has 1 aromatic carbocycles. The molecule has 0 unspecified atom stereocenters. The van der Waals surface area contributed by atoms with Crippen molar-refractivity contribution in [2.75, 3.05) is 38.6 Å². The molecule has 1 saturated heterocycles. The maximum Gasteiger partial charge on any atom is 0.341 e. The summed E-state index contributed by atoms with van der Waals surface area (Å²) in [5.74, 6) is -0.854. The number of anilines is 1. The second kappa shape index (κ2) is 9.92. The first-order valence-electron chi connectivity index (χ1n) is 11.2. The highest BCUT2D eigenvalue weighted by molar-refractivity contribution is 7.89. The van der Waals surface area contributed by atoms with E-state index >= 15 is 0 Å². The van der Waals surface area contributed by atoms with Crippen molar-refractivity contribution in [2.45, 2.75) is 44.0 Å². The Bertz CT molecular complexity index is 1140. The minimum absolute atomic E-state index is 0.179. The molecule has 2 aliphatic rings. The number of nitrogens with one attached hydrogen (secondary N) is 1. The molecule has 0 spiro atoms. The van der Waals surface area contributed by atoms with Crippen LogP contribution in [0.3, 0.4) is 0 Å². The van der Waals surface area contributed by atoms with Gasteiger partial charge in [0, 0.05) is 36.6 Å². The first kappa shape index (κ1) is 23.9. The van der Waals surface area contributed by atoms with Crippen molar-refractivity contribution in [1.29, 1.82) is 0 Å². The van der Waals surface area contributed by atoms with Gasteiger partial charge < -0.3 is 10.1 Å². The van der Waals surface area contributed by atoms with Crippen molar-refractivity contribution in [3.05, 3.63) is 45.8 Å². The topological polar surface area (TPSA) is 96.0 Å². The molecule has 10 heteroatoms. The lowest BCUT2D eigenvalue weighted by atomic mass is 10.0. The van der Waals surface area contributed by atoms with Gasteiger partial charge in [-0.1, -0.05) is 6.92 Å². The predicted molar refractivity (Wildman–Crippen MR) is 127 cm³/mol. The molecule has 2 aromatic rings. The zero-order chi connectivity index (χ0) is 23.6. The number of rotatable bonds is 7. The van der Waals surface area contributed by atoms with E-state index in [0.29, 0.717) is 29.2 Å². The number of nitrogens with zero attached hydrogens (tertiary/aromatic N) is 2. The molecule has 1 amide bonds. The molecule has 1 aromatic heterocycles. The van der Waals surface area contributed by atoms with E-state index in [-0.39, 0.29) is 4.90 Å². The SMILES string of the molecule is CCCN1CCc2c(sc(NC(=O)c3ccc(S(=O)(=O)N4CCCC4)cc3)c2C(=O)OC)C1. The number of carbonyl (C=O) groups is 2. The third-order valence-corrected chi connectivity index (χ3v) is 9.16. The largest absolute Gasteiger partial charge is 0.465 e. The first-order valence-corrected chi connectivity index (χ1v) is 13.5. The normalized spacial score (nSPS) is 17.0. The van der Waals surface area contributed by atoms with Crippen LogP contribution in [0.4, 0.5) is 5.00 Å². The summed E-state index contributed by atoms with van der Waals surface area (Å²) >= 11 is 1.41. The van der Waals surface area contributed by atoms with Crippen LogP contribution in [0.15, 0.2) is 29.2 Å². The fourth-order valence-corrected chi connectivity index (χ4v) is 7.19. The molecule has 0 bridgehead atoms. The summed E-state index contributed by atoms with van der Waals surface area (Å²) in [6, 6.07) is 5.94. The van der Waals surface area contributed by atoms with Crippen molar-refractivity contribution < 1.29 is 22.7 Å². The van der Waals surface area contributed by atoms with E-state index in [1.54, 1.807) is 0 Å². The van der Waals surface area contributed by atoms with E-state index in [2.05, 4.69) is 17.1 Å². The van der Waals surface area contributed by atoms with Crippen molar-refractivity contribution in [2.24, 2.45) is 0 Å². The van der Waals surface area contributed by atoms with Crippen LogP contribution in [0.2, 0.25) is 0 Å². The average Bonchev–Trinajstić information content (AvgIpc) is 3.47. The van der Waals surface area contributed by atoms with Crippen LogP contribution >= 0.6 is 11.3 Å². The van der Waals surface area contributed by atoms with E-state index in [1.165, 1.54) is 47.0 Å². The molecule has 1 N–H and O–H groups in total. The highest BCUT2D eigenvalue weighted by Crippen LogP contribution is 2.38. The van der Waals surface area contributed by atoms with Gasteiger partial charge in [-0.25, -0.2) is 13.2 Å². The summed E-state index contributed by atoms with van der Waals surface area (Å²) in [7, 11) is -2.20. The summed E-state index contributed by atoms with van der Waals surface area (Å²) in [5.41, 5.74) is 1.70. The molecule has 0 saturated carbocycles. The van der Waals surface area contributed by atoms with Crippen LogP contribution in [0.5, 0.6) is 0 Å². The highest BCUT2D eigenvalue weighted by Gasteiger charge is 2.30. The zero-order valence-corrected chi connectivity index (χ0v) is 20.6. The van der Waals surface area contributed by atoms with E-state index in [1.807, 2.05) is 0 Å². The molecule has 8 nitrogen and oxygen atoms in total. The van der Waals surface area contributed by atoms with Crippen LogP contribution < -0.4 is 5.32 Å². The quantitative estimate of drug-likeness (QED) is 0.597. The van der Waals surface area contributed by atoms with Gasteiger partial charge in [0.2, 0.25) is 10.0 Å². The van der Waals surface area contributed by atoms with Gasteiger partial charge in [0.1, 0.15) is 5.00 Å². The Labute approximate surface area is 198 Å². The van der Waals surface area contributed by atoms with Crippen LogP contribution in [0.1, 0.15) is 57.3 Å². The second-order valence-corrected chi connectivity index (χ2v) is 11.4. The Balaban J connectivity index is 1.55. The third-order valence-electron chi connectivity index (χ3n) is 6.11. The molecular weight excluding hydrogens is 462 g/mol. The van der Waals surface area contributed by atoms with Gasteiger partial charge in [-0.3, -0.25) is 9.69 Å². The van der Waals surface area contributed by atoms with Crippen LogP contribution in [-0.4, -0.2) is 62.8 Å². The van der Waals surface area contributed by atoms with Gasteiger partial charge in [-0.2, -0.15) is 4.31 Å². The monoisotopic (exact) mass is 491 g/mol. The highest BCUT2D eigenvalue weighted by atomic mass is 32.2. The lowest BCUT2D eigenvalue weighted by Crippen LogP contribution is -2.30. The number of hydrogen-bond acceptors (Lipinski definition) is 7. The molecule has 0 atom stereocenters. The predicted octanol–water partition coefficient (Wildman–Crippen LogP) is 3.34. The van der Waals surface area contributed by atoms with Crippen molar-refractivity contribution >= 4 is 38.2 Å². The van der Waals surface area contributed by atoms with Gasteiger partial charge in [0.05, 0.1) is 17.6 Å². The third kappa shape index (κ3) is 4.84. The number of amides is 1. The molecular formula is C23H29N3O5S2. The Morgan fingerprint density at radius 3 is 2.45 bits per heavy atom. The maximum absolute atomic E-state index is 12.9. The molecule has 1 fully saturated rings. The van der Waals surface area contributed by atoms with Gasteiger partial charge in [-0.05, 0) is 62.1 Å². The van der Waals surface area contributed by atoms with Crippen molar-refractivity contribution in [1.82, 2.24) is 9.21 Å². The number of benzene rings is 1. The number of ether oxygens (including phenoxy) is 1. The molecule has 0 aliphatic carbocycles. The first-order chi connectivity index (χ1) is 15.8.